The Hall–Kier alpha value is -3.67. The SMILES string of the molecule is C[C@@H](n1nnc2cc(F)c(F)cc2c1=O)[C@](O)(Cn1cncn1)c1ccc(F)cc1F. The summed E-state index contributed by atoms with van der Waals surface area (Å²) in [6, 6.07) is 2.65. The summed E-state index contributed by atoms with van der Waals surface area (Å²) in [4.78, 5) is 16.7. The van der Waals surface area contributed by atoms with Gasteiger partial charge in [-0.3, -0.25) is 4.79 Å². The van der Waals surface area contributed by atoms with Crippen molar-refractivity contribution in [1.82, 2.24) is 29.8 Å². The zero-order valence-electron chi connectivity index (χ0n) is 15.9. The average Bonchev–Trinajstić information content (AvgIpc) is 3.22. The van der Waals surface area contributed by atoms with Gasteiger partial charge >= 0.3 is 0 Å². The highest BCUT2D eigenvalue weighted by atomic mass is 19.2. The summed E-state index contributed by atoms with van der Waals surface area (Å²) in [6.07, 6.45) is 2.44. The second-order valence-corrected chi connectivity index (χ2v) is 6.94. The van der Waals surface area contributed by atoms with Crippen LogP contribution in [0.2, 0.25) is 0 Å². The number of hydrogen-bond donors (Lipinski definition) is 1. The first-order valence-electron chi connectivity index (χ1n) is 8.95. The molecule has 0 bridgehead atoms. The summed E-state index contributed by atoms with van der Waals surface area (Å²) >= 11 is 0. The highest BCUT2D eigenvalue weighted by Gasteiger charge is 2.41. The molecule has 0 saturated carbocycles. The quantitative estimate of drug-likeness (QED) is 0.483. The van der Waals surface area contributed by atoms with Crippen molar-refractivity contribution >= 4 is 10.9 Å². The highest BCUT2D eigenvalue weighted by molar-refractivity contribution is 5.76. The minimum absolute atomic E-state index is 0.194. The molecule has 160 valence electrons. The van der Waals surface area contributed by atoms with Gasteiger partial charge < -0.3 is 5.11 Å². The van der Waals surface area contributed by atoms with Crippen LogP contribution in [0.3, 0.4) is 0 Å². The van der Waals surface area contributed by atoms with E-state index < -0.39 is 40.5 Å². The fraction of sp³-hybridized carbons (Fsp3) is 0.211. The first-order valence-corrected chi connectivity index (χ1v) is 8.95. The molecule has 0 aliphatic carbocycles. The lowest BCUT2D eigenvalue weighted by Gasteiger charge is -2.34. The molecule has 0 amide bonds. The molecule has 4 aromatic rings. The third-order valence-electron chi connectivity index (χ3n) is 5.05. The maximum absolute atomic E-state index is 14.6. The molecular weight excluding hydrogens is 420 g/mol. The molecule has 12 heteroatoms. The van der Waals surface area contributed by atoms with Gasteiger partial charge in [0.25, 0.3) is 5.56 Å². The number of fused-ring (bicyclic) bond motifs is 1. The van der Waals surface area contributed by atoms with Crippen LogP contribution < -0.4 is 5.56 Å². The molecule has 0 fully saturated rings. The lowest BCUT2D eigenvalue weighted by Crippen LogP contribution is -2.44. The van der Waals surface area contributed by atoms with Gasteiger partial charge in [-0.25, -0.2) is 31.9 Å². The zero-order chi connectivity index (χ0) is 22.3. The predicted molar refractivity (Wildman–Crippen MR) is 98.7 cm³/mol. The Morgan fingerprint density at radius 2 is 1.84 bits per heavy atom. The molecular formula is C19H14F4N6O2. The first-order chi connectivity index (χ1) is 14.7. The van der Waals surface area contributed by atoms with Gasteiger partial charge in [0.2, 0.25) is 0 Å². The second kappa shape index (κ2) is 7.54. The summed E-state index contributed by atoms with van der Waals surface area (Å²) in [6.45, 7) is 0.960. The summed E-state index contributed by atoms with van der Waals surface area (Å²) < 4.78 is 57.1. The Kier molecular flexibility index (Phi) is 5.01. The van der Waals surface area contributed by atoms with Crippen molar-refractivity contribution in [3.8, 4) is 0 Å². The number of nitrogens with zero attached hydrogens (tertiary/aromatic N) is 6. The standard InChI is InChI=1S/C19H14F4N6O2/c1-10(29-18(30)12-5-15(22)16(23)6-17(12)26-27-29)19(31,7-28-9-24-8-25-28)13-3-2-11(20)4-14(13)21/h2-6,8-10,31H,7H2,1H3/t10-,19-/m1/s1. The molecule has 0 aliphatic heterocycles. The molecule has 2 aromatic carbocycles. The van der Waals surface area contributed by atoms with E-state index in [0.717, 1.165) is 22.9 Å². The van der Waals surface area contributed by atoms with Crippen molar-refractivity contribution in [3.05, 3.63) is 82.2 Å². The summed E-state index contributed by atoms with van der Waals surface area (Å²) in [5.41, 5.74) is -3.61. The number of aromatic nitrogens is 6. The maximum Gasteiger partial charge on any atom is 0.278 e. The van der Waals surface area contributed by atoms with E-state index in [9.17, 15) is 27.5 Å². The number of benzene rings is 2. The Labute approximate surface area is 171 Å². The minimum atomic E-state index is -2.18. The monoisotopic (exact) mass is 434 g/mol. The molecule has 2 aromatic heterocycles. The van der Waals surface area contributed by atoms with Gasteiger partial charge in [-0.15, -0.1) is 5.10 Å². The van der Waals surface area contributed by atoms with Gasteiger partial charge in [-0.2, -0.15) is 5.10 Å². The van der Waals surface area contributed by atoms with E-state index in [1.807, 2.05) is 0 Å². The molecule has 2 atom stereocenters. The van der Waals surface area contributed by atoms with Crippen LogP contribution in [0.15, 0.2) is 47.8 Å². The van der Waals surface area contributed by atoms with E-state index in [2.05, 4.69) is 20.4 Å². The van der Waals surface area contributed by atoms with Crippen LogP contribution in [-0.4, -0.2) is 34.9 Å². The Morgan fingerprint density at radius 3 is 2.52 bits per heavy atom. The van der Waals surface area contributed by atoms with Gasteiger partial charge in [0.1, 0.15) is 35.4 Å². The average molecular weight is 434 g/mol. The predicted octanol–water partition coefficient (Wildman–Crippen LogP) is 2.09. The fourth-order valence-corrected chi connectivity index (χ4v) is 3.35. The van der Waals surface area contributed by atoms with Gasteiger partial charge in [0.15, 0.2) is 11.6 Å². The van der Waals surface area contributed by atoms with E-state index in [1.54, 1.807) is 0 Å². The van der Waals surface area contributed by atoms with Crippen molar-refractivity contribution in [2.24, 2.45) is 0 Å². The smallest absolute Gasteiger partial charge is 0.278 e. The van der Waals surface area contributed by atoms with E-state index >= 15 is 0 Å². The van der Waals surface area contributed by atoms with Gasteiger partial charge in [0, 0.05) is 17.7 Å². The van der Waals surface area contributed by atoms with Crippen LogP contribution in [0.1, 0.15) is 18.5 Å². The van der Waals surface area contributed by atoms with Crippen molar-refractivity contribution in [3.63, 3.8) is 0 Å². The molecule has 8 nitrogen and oxygen atoms in total. The molecule has 1 N–H and O–H groups in total. The first kappa shape index (κ1) is 20.6. The zero-order valence-corrected chi connectivity index (χ0v) is 15.9. The molecule has 2 heterocycles. The Bertz CT molecular complexity index is 1330. The maximum atomic E-state index is 14.6. The van der Waals surface area contributed by atoms with E-state index in [-0.39, 0.29) is 23.0 Å². The molecule has 0 spiro atoms. The van der Waals surface area contributed by atoms with Crippen LogP contribution in [0.25, 0.3) is 10.9 Å². The Morgan fingerprint density at radius 1 is 1.10 bits per heavy atom. The van der Waals surface area contributed by atoms with Crippen LogP contribution in [0.4, 0.5) is 17.6 Å². The van der Waals surface area contributed by atoms with Crippen molar-refractivity contribution in [2.45, 2.75) is 25.1 Å². The number of halogens is 4. The number of hydrogen-bond acceptors (Lipinski definition) is 6. The molecule has 0 radical (unpaired) electrons. The third kappa shape index (κ3) is 3.54. The highest BCUT2D eigenvalue weighted by Crippen LogP contribution is 2.35. The van der Waals surface area contributed by atoms with Gasteiger partial charge in [-0.05, 0) is 19.1 Å². The van der Waals surface area contributed by atoms with Gasteiger partial charge in [-0.1, -0.05) is 11.3 Å². The molecule has 0 saturated heterocycles. The lowest BCUT2D eigenvalue weighted by atomic mass is 9.86. The van der Waals surface area contributed by atoms with E-state index in [1.165, 1.54) is 24.3 Å². The number of rotatable bonds is 5. The van der Waals surface area contributed by atoms with Crippen LogP contribution in [-0.2, 0) is 12.1 Å². The lowest BCUT2D eigenvalue weighted by molar-refractivity contribution is -0.0390. The fourth-order valence-electron chi connectivity index (χ4n) is 3.35. The molecule has 0 aliphatic rings. The van der Waals surface area contributed by atoms with Crippen LogP contribution in [0.5, 0.6) is 0 Å². The van der Waals surface area contributed by atoms with Crippen molar-refractivity contribution in [2.75, 3.05) is 0 Å². The topological polar surface area (TPSA) is 98.7 Å². The van der Waals surface area contributed by atoms with Crippen molar-refractivity contribution in [1.29, 1.82) is 0 Å². The minimum Gasteiger partial charge on any atom is -0.381 e. The number of aliphatic hydroxyl groups is 1. The third-order valence-corrected chi connectivity index (χ3v) is 5.05. The Balaban J connectivity index is 1.90. The molecule has 4 rings (SSSR count). The largest absolute Gasteiger partial charge is 0.381 e. The van der Waals surface area contributed by atoms with Crippen LogP contribution >= 0.6 is 0 Å². The summed E-state index contributed by atoms with van der Waals surface area (Å²) in [5.74, 6) is -4.40. The van der Waals surface area contributed by atoms with Crippen molar-refractivity contribution < 1.29 is 22.7 Å². The van der Waals surface area contributed by atoms with E-state index in [0.29, 0.717) is 12.1 Å². The summed E-state index contributed by atoms with van der Waals surface area (Å²) in [5, 5.41) is 22.5. The van der Waals surface area contributed by atoms with E-state index in [4.69, 9.17) is 0 Å². The van der Waals surface area contributed by atoms with Crippen LogP contribution in [0, 0.1) is 23.3 Å². The summed E-state index contributed by atoms with van der Waals surface area (Å²) in [7, 11) is 0. The van der Waals surface area contributed by atoms with Gasteiger partial charge in [0.05, 0.1) is 18.0 Å². The molecule has 0 unspecified atom stereocenters. The molecule has 31 heavy (non-hydrogen) atoms. The second-order valence-electron chi connectivity index (χ2n) is 6.94. The normalized spacial score (nSPS) is 14.5.